The Balaban J connectivity index is 2.67. The number of hydrogen-bond donors (Lipinski definition) is 3. The number of nitrogens with two attached hydrogens (primary N) is 2. The molecule has 0 aromatic rings. The zero-order valence-corrected chi connectivity index (χ0v) is 11.1. The first-order chi connectivity index (χ1) is 8.54. The van der Waals surface area contributed by atoms with E-state index >= 15 is 0 Å². The van der Waals surface area contributed by atoms with Crippen LogP contribution in [0.2, 0.25) is 0 Å². The van der Waals surface area contributed by atoms with Gasteiger partial charge in [-0.25, -0.2) is 4.79 Å². The lowest BCUT2D eigenvalue weighted by Crippen LogP contribution is -2.57. The van der Waals surface area contributed by atoms with Crippen molar-refractivity contribution in [2.24, 2.45) is 11.5 Å². The number of carbonyl (C=O) groups excluding carboxylic acids is 2. The lowest BCUT2D eigenvalue weighted by molar-refractivity contribution is -0.123. The molecule has 104 valence electrons. The number of urea groups is 1. The Morgan fingerprint density at radius 3 is 2.33 bits per heavy atom. The van der Waals surface area contributed by atoms with Crippen LogP contribution in [0.1, 0.15) is 39.0 Å². The SMILES string of the molecule is CCN(CC(=O)NC(N)=O)C1(CN)CCCCC1. The molecular weight excluding hydrogens is 232 g/mol. The number of primary amides is 1. The van der Waals surface area contributed by atoms with Crippen molar-refractivity contribution in [3.05, 3.63) is 0 Å². The maximum absolute atomic E-state index is 11.6. The molecule has 3 amide bonds. The summed E-state index contributed by atoms with van der Waals surface area (Å²) in [7, 11) is 0. The number of likely N-dealkylation sites (N-methyl/N-ethyl adjacent to an activating group) is 1. The highest BCUT2D eigenvalue weighted by atomic mass is 16.2. The molecule has 0 aliphatic heterocycles. The lowest BCUT2D eigenvalue weighted by atomic mass is 9.80. The van der Waals surface area contributed by atoms with Gasteiger partial charge in [0.05, 0.1) is 6.54 Å². The van der Waals surface area contributed by atoms with Gasteiger partial charge >= 0.3 is 6.03 Å². The smallest absolute Gasteiger partial charge is 0.318 e. The van der Waals surface area contributed by atoms with E-state index in [1.165, 1.54) is 6.42 Å². The van der Waals surface area contributed by atoms with Gasteiger partial charge < -0.3 is 11.5 Å². The fraction of sp³-hybridized carbons (Fsp3) is 0.833. The van der Waals surface area contributed by atoms with Crippen LogP contribution in [0.4, 0.5) is 4.79 Å². The number of amides is 3. The van der Waals surface area contributed by atoms with Crippen molar-refractivity contribution in [2.45, 2.75) is 44.6 Å². The van der Waals surface area contributed by atoms with Crippen molar-refractivity contribution in [2.75, 3.05) is 19.6 Å². The summed E-state index contributed by atoms with van der Waals surface area (Å²) in [5.74, 6) is -0.359. The molecule has 0 heterocycles. The third-order valence-electron chi connectivity index (χ3n) is 3.81. The molecule has 1 aliphatic rings. The average molecular weight is 256 g/mol. The second kappa shape index (κ2) is 6.70. The van der Waals surface area contributed by atoms with Crippen LogP contribution >= 0.6 is 0 Å². The molecule has 1 fully saturated rings. The van der Waals surface area contributed by atoms with Crippen molar-refractivity contribution >= 4 is 11.9 Å². The minimum Gasteiger partial charge on any atom is -0.351 e. The summed E-state index contributed by atoms with van der Waals surface area (Å²) < 4.78 is 0. The number of imide groups is 1. The summed E-state index contributed by atoms with van der Waals surface area (Å²) in [6.45, 7) is 3.47. The van der Waals surface area contributed by atoms with Crippen LogP contribution < -0.4 is 16.8 Å². The highest BCUT2D eigenvalue weighted by Crippen LogP contribution is 2.32. The van der Waals surface area contributed by atoms with Crippen LogP contribution in [0, 0.1) is 0 Å². The van der Waals surface area contributed by atoms with Crippen LogP contribution in [0.5, 0.6) is 0 Å². The van der Waals surface area contributed by atoms with Gasteiger partial charge in [0, 0.05) is 12.1 Å². The molecule has 0 bridgehead atoms. The molecule has 5 N–H and O–H groups in total. The molecule has 6 heteroatoms. The molecule has 0 spiro atoms. The molecular formula is C12H24N4O2. The van der Waals surface area contributed by atoms with Crippen molar-refractivity contribution in [3.8, 4) is 0 Å². The highest BCUT2D eigenvalue weighted by molar-refractivity contribution is 5.94. The molecule has 0 radical (unpaired) electrons. The summed E-state index contributed by atoms with van der Waals surface area (Å²) in [6, 6.07) is -0.804. The summed E-state index contributed by atoms with van der Waals surface area (Å²) >= 11 is 0. The summed E-state index contributed by atoms with van der Waals surface area (Å²) in [6.07, 6.45) is 5.55. The van der Waals surface area contributed by atoms with E-state index in [9.17, 15) is 9.59 Å². The number of hydrogen-bond acceptors (Lipinski definition) is 4. The summed E-state index contributed by atoms with van der Waals surface area (Å²) in [4.78, 5) is 24.4. The fourth-order valence-corrected chi connectivity index (χ4v) is 2.82. The molecule has 0 atom stereocenters. The van der Waals surface area contributed by atoms with Gasteiger partial charge in [0.25, 0.3) is 0 Å². The van der Waals surface area contributed by atoms with Crippen molar-refractivity contribution in [1.82, 2.24) is 10.2 Å². The average Bonchev–Trinajstić information content (AvgIpc) is 2.36. The van der Waals surface area contributed by atoms with E-state index in [-0.39, 0.29) is 18.0 Å². The standard InChI is InChI=1S/C12H24N4O2/c1-2-16(8-10(17)15-11(14)18)12(9-13)6-4-3-5-7-12/h2-9,13H2,1H3,(H3,14,15,17,18). The predicted octanol–water partition coefficient (Wildman–Crippen LogP) is 0.165. The molecule has 0 aromatic heterocycles. The van der Waals surface area contributed by atoms with Gasteiger partial charge in [0.2, 0.25) is 5.91 Å². The topological polar surface area (TPSA) is 101 Å². The van der Waals surface area contributed by atoms with Crippen molar-refractivity contribution in [1.29, 1.82) is 0 Å². The zero-order chi connectivity index (χ0) is 13.6. The summed E-state index contributed by atoms with van der Waals surface area (Å²) in [5, 5.41) is 2.11. The van der Waals surface area contributed by atoms with E-state index in [0.717, 1.165) is 32.2 Å². The van der Waals surface area contributed by atoms with E-state index in [4.69, 9.17) is 11.5 Å². The summed E-state index contributed by atoms with van der Waals surface area (Å²) in [5.41, 5.74) is 10.8. The van der Waals surface area contributed by atoms with Gasteiger partial charge in [-0.15, -0.1) is 0 Å². The molecule has 1 saturated carbocycles. The molecule has 6 nitrogen and oxygen atoms in total. The first-order valence-electron chi connectivity index (χ1n) is 6.58. The van der Waals surface area contributed by atoms with Crippen LogP contribution in [0.15, 0.2) is 0 Å². The first kappa shape index (κ1) is 14.9. The third kappa shape index (κ3) is 3.68. The van der Waals surface area contributed by atoms with Gasteiger partial charge in [0.15, 0.2) is 0 Å². The molecule has 0 aromatic carbocycles. The predicted molar refractivity (Wildman–Crippen MR) is 69.8 cm³/mol. The second-order valence-electron chi connectivity index (χ2n) is 4.92. The van der Waals surface area contributed by atoms with Gasteiger partial charge in [-0.05, 0) is 19.4 Å². The molecule has 1 rings (SSSR count). The number of carbonyl (C=O) groups is 2. The van der Waals surface area contributed by atoms with Crippen LogP contribution in [-0.2, 0) is 4.79 Å². The maximum Gasteiger partial charge on any atom is 0.318 e. The Labute approximate surface area is 108 Å². The Bertz CT molecular complexity index is 300. The minimum absolute atomic E-state index is 0.0953. The number of nitrogens with one attached hydrogen (secondary N) is 1. The Morgan fingerprint density at radius 1 is 1.28 bits per heavy atom. The Kier molecular flexibility index (Phi) is 5.55. The third-order valence-corrected chi connectivity index (χ3v) is 3.81. The van der Waals surface area contributed by atoms with Crippen LogP contribution in [0.3, 0.4) is 0 Å². The van der Waals surface area contributed by atoms with Crippen LogP contribution in [-0.4, -0.2) is 42.0 Å². The van der Waals surface area contributed by atoms with E-state index in [1.54, 1.807) is 0 Å². The molecule has 0 saturated heterocycles. The lowest BCUT2D eigenvalue weighted by Gasteiger charge is -2.45. The largest absolute Gasteiger partial charge is 0.351 e. The first-order valence-corrected chi connectivity index (χ1v) is 6.58. The van der Waals surface area contributed by atoms with E-state index < -0.39 is 6.03 Å². The van der Waals surface area contributed by atoms with E-state index in [1.807, 2.05) is 6.92 Å². The van der Waals surface area contributed by atoms with Gasteiger partial charge in [-0.2, -0.15) is 0 Å². The molecule has 0 unspecified atom stereocenters. The van der Waals surface area contributed by atoms with E-state index in [0.29, 0.717) is 6.54 Å². The molecule has 18 heavy (non-hydrogen) atoms. The second-order valence-corrected chi connectivity index (χ2v) is 4.92. The molecule has 1 aliphatic carbocycles. The van der Waals surface area contributed by atoms with Crippen LogP contribution in [0.25, 0.3) is 0 Å². The zero-order valence-electron chi connectivity index (χ0n) is 11.1. The Morgan fingerprint density at radius 2 is 1.89 bits per heavy atom. The maximum atomic E-state index is 11.6. The van der Waals surface area contributed by atoms with Crippen molar-refractivity contribution in [3.63, 3.8) is 0 Å². The van der Waals surface area contributed by atoms with Crippen molar-refractivity contribution < 1.29 is 9.59 Å². The number of nitrogens with zero attached hydrogens (tertiary/aromatic N) is 1. The Hall–Kier alpha value is -1.14. The number of rotatable bonds is 5. The normalized spacial score (nSPS) is 18.6. The fourth-order valence-electron chi connectivity index (χ4n) is 2.82. The minimum atomic E-state index is -0.804. The quantitative estimate of drug-likeness (QED) is 0.652. The highest BCUT2D eigenvalue weighted by Gasteiger charge is 2.36. The van der Waals surface area contributed by atoms with Gasteiger partial charge in [-0.3, -0.25) is 15.0 Å². The van der Waals surface area contributed by atoms with Gasteiger partial charge in [0.1, 0.15) is 0 Å². The monoisotopic (exact) mass is 256 g/mol. The van der Waals surface area contributed by atoms with Gasteiger partial charge in [-0.1, -0.05) is 26.2 Å². The van der Waals surface area contributed by atoms with E-state index in [2.05, 4.69) is 10.2 Å².